The predicted octanol–water partition coefficient (Wildman–Crippen LogP) is 4.40. The molecule has 1 aliphatic heterocycles. The highest BCUT2D eigenvalue weighted by Gasteiger charge is 2.39. The molecule has 0 aliphatic carbocycles. The Hall–Kier alpha value is -3.15. The van der Waals surface area contributed by atoms with Gasteiger partial charge >= 0.3 is 6.18 Å². The number of amides is 1. The van der Waals surface area contributed by atoms with Gasteiger partial charge in [-0.3, -0.25) is 9.48 Å². The number of carbonyl (C=O) groups is 1. The number of benzene rings is 1. The molecule has 1 amide bonds. The van der Waals surface area contributed by atoms with Crippen LogP contribution in [0.4, 0.5) is 18.9 Å². The zero-order valence-electron chi connectivity index (χ0n) is 15.1. The standard InChI is InChI=1S/C19H18F3N5O/c1-3-4-10-18(25-26-18)11-9-17(28)23-14-7-5-13(6-8-14)15-12-16(19(20,21)22)24-27(15)2/h1,5-8,12H,4,9-11H2,2H3,(H,23,28). The molecule has 0 bridgehead atoms. The lowest BCUT2D eigenvalue weighted by atomic mass is 10.0. The second kappa shape index (κ2) is 7.46. The molecule has 146 valence electrons. The van der Waals surface area contributed by atoms with Gasteiger partial charge in [-0.1, -0.05) is 12.1 Å². The van der Waals surface area contributed by atoms with Gasteiger partial charge in [0, 0.05) is 38.4 Å². The summed E-state index contributed by atoms with van der Waals surface area (Å²) in [5.74, 6) is 2.34. The number of aryl methyl sites for hydroxylation is 1. The van der Waals surface area contributed by atoms with Crippen molar-refractivity contribution < 1.29 is 18.0 Å². The molecule has 0 spiro atoms. The number of carbonyl (C=O) groups excluding carboxylic acids is 1. The van der Waals surface area contributed by atoms with Gasteiger partial charge in [0.25, 0.3) is 0 Å². The van der Waals surface area contributed by atoms with Crippen LogP contribution in [0.15, 0.2) is 40.6 Å². The van der Waals surface area contributed by atoms with Crippen LogP contribution in [0.1, 0.15) is 31.4 Å². The first-order chi connectivity index (χ1) is 13.2. The van der Waals surface area contributed by atoms with Crippen LogP contribution in [0.5, 0.6) is 0 Å². The van der Waals surface area contributed by atoms with Gasteiger partial charge in [-0.2, -0.15) is 28.5 Å². The monoisotopic (exact) mass is 389 g/mol. The summed E-state index contributed by atoms with van der Waals surface area (Å²) in [6.45, 7) is 0. The van der Waals surface area contributed by atoms with Crippen molar-refractivity contribution in [3.05, 3.63) is 36.0 Å². The number of nitrogens with one attached hydrogen (secondary N) is 1. The molecule has 1 N–H and O–H groups in total. The molecular formula is C19H18F3N5O. The molecule has 1 aliphatic rings. The molecule has 28 heavy (non-hydrogen) atoms. The van der Waals surface area contributed by atoms with Crippen LogP contribution < -0.4 is 5.32 Å². The Morgan fingerprint density at radius 2 is 1.93 bits per heavy atom. The molecule has 1 aromatic carbocycles. The number of hydrogen-bond donors (Lipinski definition) is 1. The Kier molecular flexibility index (Phi) is 5.23. The van der Waals surface area contributed by atoms with E-state index in [0.717, 1.165) is 6.07 Å². The molecule has 0 fully saturated rings. The van der Waals surface area contributed by atoms with Crippen molar-refractivity contribution in [1.82, 2.24) is 9.78 Å². The maximum Gasteiger partial charge on any atom is 0.435 e. The first kappa shape index (κ1) is 19.6. The van der Waals surface area contributed by atoms with E-state index < -0.39 is 17.5 Å². The van der Waals surface area contributed by atoms with Crippen LogP contribution in [0, 0.1) is 12.3 Å². The summed E-state index contributed by atoms with van der Waals surface area (Å²) in [5.41, 5.74) is -0.0141. The van der Waals surface area contributed by atoms with Gasteiger partial charge in [-0.05, 0) is 23.8 Å². The first-order valence-electron chi connectivity index (χ1n) is 8.61. The van der Waals surface area contributed by atoms with Crippen molar-refractivity contribution >= 4 is 11.6 Å². The van der Waals surface area contributed by atoms with Crippen LogP contribution in [0.2, 0.25) is 0 Å². The van der Waals surface area contributed by atoms with Gasteiger partial charge in [-0.15, -0.1) is 12.3 Å². The van der Waals surface area contributed by atoms with E-state index in [4.69, 9.17) is 6.42 Å². The fourth-order valence-corrected chi connectivity index (χ4v) is 2.81. The zero-order valence-corrected chi connectivity index (χ0v) is 15.1. The van der Waals surface area contributed by atoms with E-state index in [-0.39, 0.29) is 12.3 Å². The normalized spacial score (nSPS) is 14.5. The highest BCUT2D eigenvalue weighted by Crippen LogP contribution is 2.37. The van der Waals surface area contributed by atoms with E-state index in [9.17, 15) is 18.0 Å². The van der Waals surface area contributed by atoms with Crippen molar-refractivity contribution in [2.75, 3.05) is 5.32 Å². The fourth-order valence-electron chi connectivity index (χ4n) is 2.81. The second-order valence-corrected chi connectivity index (χ2v) is 6.55. The summed E-state index contributed by atoms with van der Waals surface area (Å²) in [6, 6.07) is 7.52. The summed E-state index contributed by atoms with van der Waals surface area (Å²) in [7, 11) is 1.45. The fraction of sp³-hybridized carbons (Fsp3) is 0.368. The Morgan fingerprint density at radius 3 is 2.46 bits per heavy atom. The van der Waals surface area contributed by atoms with Crippen molar-refractivity contribution in [1.29, 1.82) is 0 Å². The molecule has 9 heteroatoms. The van der Waals surface area contributed by atoms with Crippen molar-refractivity contribution in [3.8, 4) is 23.6 Å². The van der Waals surface area contributed by atoms with E-state index in [2.05, 4.69) is 26.6 Å². The highest BCUT2D eigenvalue weighted by atomic mass is 19.4. The summed E-state index contributed by atoms with van der Waals surface area (Å²) < 4.78 is 39.5. The maximum atomic E-state index is 12.8. The Labute approximate surface area is 159 Å². The minimum Gasteiger partial charge on any atom is -0.326 e. The second-order valence-electron chi connectivity index (χ2n) is 6.55. The predicted molar refractivity (Wildman–Crippen MR) is 97.2 cm³/mol. The zero-order chi connectivity index (χ0) is 20.4. The Bertz CT molecular complexity index is 932. The highest BCUT2D eigenvalue weighted by molar-refractivity contribution is 5.91. The van der Waals surface area contributed by atoms with Crippen LogP contribution in [0.25, 0.3) is 11.3 Å². The van der Waals surface area contributed by atoms with E-state index in [0.29, 0.717) is 36.2 Å². The van der Waals surface area contributed by atoms with Crippen LogP contribution in [-0.4, -0.2) is 21.4 Å². The van der Waals surface area contributed by atoms with Gasteiger partial charge < -0.3 is 5.32 Å². The third-order valence-corrected chi connectivity index (χ3v) is 4.44. The quantitative estimate of drug-likeness (QED) is 0.713. The molecule has 0 radical (unpaired) electrons. The SMILES string of the molecule is C#CCCC1(CCC(=O)Nc2ccc(-c3cc(C(F)(F)F)nn3C)cc2)N=N1. The van der Waals surface area contributed by atoms with E-state index in [1.807, 2.05) is 0 Å². The molecule has 0 saturated heterocycles. The number of terminal acetylenes is 1. The molecule has 6 nitrogen and oxygen atoms in total. The average Bonchev–Trinajstić information content (AvgIpc) is 3.31. The molecule has 1 aromatic heterocycles. The van der Waals surface area contributed by atoms with Crippen molar-refractivity contribution in [3.63, 3.8) is 0 Å². The molecule has 0 saturated carbocycles. The number of hydrogen-bond acceptors (Lipinski definition) is 4. The topological polar surface area (TPSA) is 71.6 Å². The summed E-state index contributed by atoms with van der Waals surface area (Å²) in [4.78, 5) is 12.1. The molecule has 0 unspecified atom stereocenters. The summed E-state index contributed by atoms with van der Waals surface area (Å²) in [6.07, 6.45) is 2.67. The lowest BCUT2D eigenvalue weighted by Gasteiger charge is -2.10. The maximum absolute atomic E-state index is 12.8. The van der Waals surface area contributed by atoms with Crippen molar-refractivity contribution in [2.24, 2.45) is 17.3 Å². The average molecular weight is 389 g/mol. The lowest BCUT2D eigenvalue weighted by molar-refractivity contribution is -0.141. The summed E-state index contributed by atoms with van der Waals surface area (Å²) in [5, 5.41) is 14.2. The smallest absolute Gasteiger partial charge is 0.326 e. The van der Waals surface area contributed by atoms with Gasteiger partial charge in [0.2, 0.25) is 5.91 Å². The van der Waals surface area contributed by atoms with Gasteiger partial charge in [-0.25, -0.2) is 0 Å². The molecule has 2 heterocycles. The van der Waals surface area contributed by atoms with Crippen LogP contribution in [-0.2, 0) is 18.0 Å². The van der Waals surface area contributed by atoms with E-state index >= 15 is 0 Å². The number of halogens is 3. The minimum absolute atomic E-state index is 0.190. The van der Waals surface area contributed by atoms with Gasteiger partial charge in [0.05, 0.1) is 5.69 Å². The third kappa shape index (κ3) is 4.57. The first-order valence-corrected chi connectivity index (χ1v) is 8.61. The van der Waals surface area contributed by atoms with E-state index in [1.165, 1.54) is 11.7 Å². The number of rotatable bonds is 7. The largest absolute Gasteiger partial charge is 0.435 e. The number of nitrogens with zero attached hydrogens (tertiary/aromatic N) is 4. The van der Waals surface area contributed by atoms with Crippen LogP contribution in [0.3, 0.4) is 0 Å². The van der Waals surface area contributed by atoms with E-state index in [1.54, 1.807) is 24.3 Å². The minimum atomic E-state index is -4.50. The number of alkyl halides is 3. The Morgan fingerprint density at radius 1 is 1.25 bits per heavy atom. The van der Waals surface area contributed by atoms with Crippen molar-refractivity contribution in [2.45, 2.75) is 37.5 Å². The van der Waals surface area contributed by atoms with Gasteiger partial charge in [0.15, 0.2) is 11.4 Å². The van der Waals surface area contributed by atoms with Crippen LogP contribution >= 0.6 is 0 Å². The molecular weight excluding hydrogens is 371 g/mol. The molecule has 0 atom stereocenters. The molecule has 2 aromatic rings. The molecule has 3 rings (SSSR count). The van der Waals surface area contributed by atoms with Gasteiger partial charge in [0.1, 0.15) is 0 Å². The number of anilines is 1. The third-order valence-electron chi connectivity index (χ3n) is 4.44. The lowest BCUT2D eigenvalue weighted by Crippen LogP contribution is -2.17. The summed E-state index contributed by atoms with van der Waals surface area (Å²) >= 11 is 0. The number of aromatic nitrogens is 2. The Balaban J connectivity index is 1.58.